The van der Waals surface area contributed by atoms with Crippen molar-refractivity contribution in [2.24, 2.45) is 0 Å². The second-order valence-electron chi connectivity index (χ2n) is 15.8. The molecule has 62 heavy (non-hydrogen) atoms. The van der Waals surface area contributed by atoms with Crippen LogP contribution in [0.2, 0.25) is 0 Å². The van der Waals surface area contributed by atoms with Crippen molar-refractivity contribution in [2.45, 2.75) is 52.8 Å². The quantitative estimate of drug-likeness (QED) is 0.0793. The number of hydrogen-bond donors (Lipinski definition) is 4. The van der Waals surface area contributed by atoms with Crippen LogP contribution in [0.1, 0.15) is 49.9 Å². The molecule has 6 aromatic rings. The molecule has 0 unspecified atom stereocenters. The third-order valence-electron chi connectivity index (χ3n) is 11.8. The molecule has 0 atom stereocenters. The van der Waals surface area contributed by atoms with Crippen molar-refractivity contribution in [3.8, 4) is 44.1 Å². The summed E-state index contributed by atoms with van der Waals surface area (Å²) in [5.41, 5.74) is 0.931. The zero-order valence-corrected chi connectivity index (χ0v) is 37.3. The summed E-state index contributed by atoms with van der Waals surface area (Å²) in [5.74, 6) is -5.79. The van der Waals surface area contributed by atoms with Gasteiger partial charge in [0.05, 0.1) is 27.8 Å². The fourth-order valence-electron chi connectivity index (χ4n) is 8.19. The van der Waals surface area contributed by atoms with Gasteiger partial charge in [-0.25, -0.2) is 18.2 Å². The molecule has 0 saturated carbocycles. The van der Waals surface area contributed by atoms with E-state index in [4.69, 9.17) is 9.57 Å². The first-order valence-electron chi connectivity index (χ1n) is 18.4. The van der Waals surface area contributed by atoms with Crippen LogP contribution in [0.25, 0.3) is 26.5 Å². The molecule has 0 spiro atoms. The van der Waals surface area contributed by atoms with E-state index in [1.54, 1.807) is 31.3 Å². The van der Waals surface area contributed by atoms with E-state index < -0.39 is 81.8 Å². The normalized spacial score (nSPS) is 15.8. The number of anilines is 1. The van der Waals surface area contributed by atoms with Gasteiger partial charge >= 0.3 is 16.1 Å². The average Bonchev–Trinajstić information content (AvgIpc) is 3.95. The highest BCUT2D eigenvalue weighted by atomic mass is 32.3. The van der Waals surface area contributed by atoms with Gasteiger partial charge in [-0.15, -0.1) is 39.2 Å². The fraction of sp³-hybridized carbons (Fsp3) is 0.220. The van der Waals surface area contributed by atoms with Crippen molar-refractivity contribution >= 4 is 71.9 Å². The fourth-order valence-corrected chi connectivity index (χ4v) is 12.8. The molecular formula is C41H34F2N3O11S5+. The third-order valence-corrected chi connectivity index (χ3v) is 17.1. The van der Waals surface area contributed by atoms with E-state index in [1.165, 1.54) is 17.4 Å². The van der Waals surface area contributed by atoms with E-state index >= 15 is 8.78 Å². The number of carbonyl (C=O) groups excluding carboxylic acids is 1. The summed E-state index contributed by atoms with van der Waals surface area (Å²) in [6, 6.07) is 12.5. The maximum atomic E-state index is 17.6. The van der Waals surface area contributed by atoms with E-state index in [0.717, 1.165) is 33.9 Å². The number of hydrogen-bond acceptors (Lipinski definition) is 13. The smallest absolute Gasteiger partial charge is 0.343 e. The van der Waals surface area contributed by atoms with Gasteiger partial charge in [-0.05, 0) is 55.1 Å². The average molecular weight is 943 g/mol. The van der Waals surface area contributed by atoms with Crippen LogP contribution in [0.3, 0.4) is 0 Å². The second-order valence-corrected chi connectivity index (χ2v) is 21.8. The van der Waals surface area contributed by atoms with E-state index in [9.17, 15) is 40.9 Å². The molecule has 14 nitrogen and oxygen atoms in total. The summed E-state index contributed by atoms with van der Waals surface area (Å²) in [4.78, 5) is 19.2. The molecule has 0 amide bonds. The van der Waals surface area contributed by atoms with Crippen LogP contribution >= 0.6 is 34.4 Å². The maximum absolute atomic E-state index is 17.6. The Morgan fingerprint density at radius 1 is 0.887 bits per heavy atom. The topological polar surface area (TPSA) is 196 Å². The number of aromatic hydroxyl groups is 2. The van der Waals surface area contributed by atoms with Gasteiger partial charge in [-0.1, -0.05) is 0 Å². The molecule has 3 aromatic carbocycles. The van der Waals surface area contributed by atoms with Crippen molar-refractivity contribution in [3.05, 3.63) is 104 Å². The Morgan fingerprint density at radius 3 is 2.24 bits per heavy atom. The van der Waals surface area contributed by atoms with Crippen molar-refractivity contribution in [2.75, 3.05) is 24.7 Å². The van der Waals surface area contributed by atoms with Gasteiger partial charge in [0, 0.05) is 87.6 Å². The number of nitrogens with zero attached hydrogens (tertiary/aromatic N) is 3. The van der Waals surface area contributed by atoms with Crippen molar-refractivity contribution in [1.29, 1.82) is 0 Å². The monoisotopic (exact) mass is 942 g/mol. The Hall–Kier alpha value is -5.29. The van der Waals surface area contributed by atoms with Gasteiger partial charge in [0.15, 0.2) is 5.54 Å². The number of ether oxygens (including phenoxy) is 1. The van der Waals surface area contributed by atoms with Crippen LogP contribution in [0, 0.1) is 11.6 Å². The van der Waals surface area contributed by atoms with Gasteiger partial charge in [0.2, 0.25) is 17.1 Å². The summed E-state index contributed by atoms with van der Waals surface area (Å²) in [7, 11) is -6.56. The summed E-state index contributed by atoms with van der Waals surface area (Å²) in [6.07, 6.45) is 0. The van der Waals surface area contributed by atoms with E-state index in [0.29, 0.717) is 55.2 Å². The number of fused-ring (bicyclic) bond motifs is 8. The minimum Gasteiger partial charge on any atom is -0.492 e. The van der Waals surface area contributed by atoms with Gasteiger partial charge in [0.1, 0.15) is 39.3 Å². The first-order chi connectivity index (χ1) is 28.9. The predicted octanol–water partition coefficient (Wildman–Crippen LogP) is 6.28. The number of halogens is 2. The van der Waals surface area contributed by atoms with Crippen molar-refractivity contribution < 1.29 is 59.3 Å². The lowest BCUT2D eigenvalue weighted by Gasteiger charge is -2.43. The second kappa shape index (κ2) is 13.9. The third kappa shape index (κ3) is 6.27. The number of aromatic nitrogens is 1. The standard InChI is InChI=1S/C41H33F2N3O11S5/c1-40(2)22-9-10-58-37(22)18-11-20-27(15-25(18)44(40)5)56-28-16-26-19(38-23(41(3,4)45(26)6)13-33(60-38)61(50,51)52)12-21(28)34(20)35-36(43)29(14-24(42)39(35)62(53,54)55)59-17-32(49)57-46-30(47)7-8-31(46)48/h7-16H,17H2,1-6H3,(H3-,47,48,50,51,52,53,54,55)/p+1. The highest BCUT2D eigenvalue weighted by Crippen LogP contribution is 2.54. The van der Waals surface area contributed by atoms with Crippen LogP contribution in [-0.4, -0.2) is 66.7 Å². The molecule has 4 N–H and O–H groups in total. The zero-order chi connectivity index (χ0) is 44.7. The Bertz CT molecular complexity index is 3350. The SMILES string of the molecule is CN1c2cc3c(cc2-c2sccc2C1(C)C)C(c1c(F)c(SCC(=O)On2c(O)ccc2O)cc(F)c1S(=O)(=O)O)=c1cc2c(cc1O3)=[N+](C)C(C)(C)c1cc(S(=O)(=O)O)sc1-2. The largest absolute Gasteiger partial charge is 0.492 e. The number of rotatable bonds is 7. The predicted molar refractivity (Wildman–Crippen MR) is 228 cm³/mol. The molecule has 0 bridgehead atoms. The molecule has 322 valence electrons. The van der Waals surface area contributed by atoms with Gasteiger partial charge in [-0.2, -0.15) is 16.8 Å². The van der Waals surface area contributed by atoms with Crippen LogP contribution in [-0.2, 0) is 36.1 Å². The molecule has 0 aliphatic carbocycles. The summed E-state index contributed by atoms with van der Waals surface area (Å²) >= 11 is 2.66. The highest BCUT2D eigenvalue weighted by Gasteiger charge is 2.43. The molecule has 0 radical (unpaired) electrons. The Kier molecular flexibility index (Phi) is 9.39. The minimum atomic E-state index is -5.56. The molecule has 9 rings (SSSR count). The van der Waals surface area contributed by atoms with E-state index in [-0.39, 0.29) is 32.1 Å². The Balaban J connectivity index is 1.37. The Labute approximate surface area is 364 Å². The van der Waals surface area contributed by atoms with Crippen LogP contribution in [0.4, 0.5) is 14.5 Å². The van der Waals surface area contributed by atoms with Crippen molar-refractivity contribution in [3.63, 3.8) is 0 Å². The van der Waals surface area contributed by atoms with E-state index in [1.807, 2.05) is 55.7 Å². The van der Waals surface area contributed by atoms with Gasteiger partial charge < -0.3 is 24.7 Å². The highest BCUT2D eigenvalue weighted by molar-refractivity contribution is 8.00. The summed E-state index contributed by atoms with van der Waals surface area (Å²) in [6.45, 7) is 7.80. The van der Waals surface area contributed by atoms with Gasteiger partial charge in [-0.3, -0.25) is 9.11 Å². The first-order valence-corrected chi connectivity index (χ1v) is 24.0. The number of thioether (sulfide) groups is 1. The van der Waals surface area contributed by atoms with Gasteiger partial charge in [0.25, 0.3) is 10.1 Å². The summed E-state index contributed by atoms with van der Waals surface area (Å²) in [5, 5.41) is 22.3. The molecule has 21 heteroatoms. The van der Waals surface area contributed by atoms with Crippen LogP contribution < -0.4 is 29.6 Å². The summed E-state index contributed by atoms with van der Waals surface area (Å²) < 4.78 is 115. The van der Waals surface area contributed by atoms with Crippen molar-refractivity contribution in [1.82, 2.24) is 9.31 Å². The lowest BCUT2D eigenvalue weighted by atomic mass is 9.83. The molecule has 0 fully saturated rings. The zero-order valence-electron chi connectivity index (χ0n) is 33.3. The lowest BCUT2D eigenvalue weighted by Crippen LogP contribution is -2.46. The number of thiophene rings is 2. The molecule has 3 aliphatic rings. The maximum Gasteiger partial charge on any atom is 0.343 e. The molecular weight excluding hydrogens is 909 g/mol. The van der Waals surface area contributed by atoms with Crippen LogP contribution in [0.5, 0.6) is 23.3 Å². The molecule has 6 heterocycles. The Morgan fingerprint density at radius 2 is 1.58 bits per heavy atom. The minimum absolute atomic E-state index is 0.0382. The van der Waals surface area contributed by atoms with Crippen LogP contribution in [0.15, 0.2) is 74.0 Å². The lowest BCUT2D eigenvalue weighted by molar-refractivity contribution is -0.142. The number of benzene rings is 3. The van der Waals surface area contributed by atoms with E-state index in [2.05, 4.69) is 0 Å². The molecule has 0 saturated heterocycles. The number of carbonyl (C=O) groups is 1. The molecule has 3 aliphatic heterocycles. The first kappa shape index (κ1) is 42.0. The molecule has 3 aromatic heterocycles.